The first-order chi connectivity index (χ1) is 38.2. The molecule has 360 valence electrons. The van der Waals surface area contributed by atoms with E-state index in [9.17, 15) is 0 Å². The Bertz CT molecular complexity index is 4960. The van der Waals surface area contributed by atoms with Crippen molar-refractivity contribution in [2.45, 2.75) is 0 Å². The minimum atomic E-state index is 0.826. The molecule has 0 spiro atoms. The number of para-hydroxylation sites is 6. The normalized spacial score (nSPS) is 11.9. The van der Waals surface area contributed by atoms with Gasteiger partial charge in [-0.1, -0.05) is 164 Å². The van der Waals surface area contributed by atoms with E-state index in [1.54, 1.807) is 0 Å². The molecule has 4 heterocycles. The molecule has 0 unspecified atom stereocenters. The van der Waals surface area contributed by atoms with Crippen LogP contribution in [-0.2, 0) is 0 Å². The Hall–Kier alpha value is -10.4. The van der Waals surface area contributed by atoms with Crippen molar-refractivity contribution >= 4 is 105 Å². The van der Waals surface area contributed by atoms with E-state index < -0.39 is 0 Å². The van der Waals surface area contributed by atoms with Gasteiger partial charge in [0.1, 0.15) is 22.3 Å². The minimum absolute atomic E-state index is 0.826. The van der Waals surface area contributed by atoms with Crippen molar-refractivity contribution < 1.29 is 8.83 Å². The van der Waals surface area contributed by atoms with Crippen LogP contribution in [0.1, 0.15) is 0 Å². The number of fused-ring (bicyclic) bond motifs is 12. The third-order valence-electron chi connectivity index (χ3n) is 15.7. The zero-order chi connectivity index (χ0) is 50.6. The van der Waals surface area contributed by atoms with Crippen molar-refractivity contribution in [3.05, 3.63) is 273 Å². The summed E-state index contributed by atoms with van der Waals surface area (Å²) in [5.41, 5.74) is 20.3. The summed E-state index contributed by atoms with van der Waals surface area (Å²) in [5.74, 6) is 0. The molecular weight excluding hydrogens is 939 g/mol. The fourth-order valence-corrected chi connectivity index (χ4v) is 12.3. The fraction of sp³-hybridized carbons (Fsp3) is 0. The fourth-order valence-electron chi connectivity index (χ4n) is 12.3. The number of rotatable bonds is 8. The van der Waals surface area contributed by atoms with Crippen molar-refractivity contribution in [1.82, 2.24) is 9.13 Å². The number of aromatic nitrogens is 2. The van der Waals surface area contributed by atoms with Gasteiger partial charge in [0.25, 0.3) is 0 Å². The number of hydrogen-bond acceptors (Lipinski definition) is 3. The largest absolute Gasteiger partial charge is 0.456 e. The molecule has 0 saturated heterocycles. The van der Waals surface area contributed by atoms with E-state index in [0.717, 1.165) is 100 Å². The third kappa shape index (κ3) is 6.74. The van der Waals surface area contributed by atoms with Crippen LogP contribution in [0.25, 0.3) is 132 Å². The number of anilines is 3. The molecule has 0 aliphatic rings. The molecule has 0 aliphatic heterocycles. The predicted octanol–water partition coefficient (Wildman–Crippen LogP) is 20.2. The lowest BCUT2D eigenvalue weighted by Gasteiger charge is -2.26. The predicted molar refractivity (Wildman–Crippen MR) is 321 cm³/mol. The summed E-state index contributed by atoms with van der Waals surface area (Å²) < 4.78 is 18.1. The topological polar surface area (TPSA) is 39.4 Å². The van der Waals surface area contributed by atoms with E-state index >= 15 is 0 Å². The highest BCUT2D eigenvalue weighted by Gasteiger charge is 2.23. The molecule has 0 aliphatic carbocycles. The lowest BCUT2D eigenvalue weighted by atomic mass is 9.98. The summed E-state index contributed by atoms with van der Waals surface area (Å²) in [7, 11) is 0. The number of benzene rings is 12. The van der Waals surface area contributed by atoms with E-state index in [-0.39, 0.29) is 0 Å². The van der Waals surface area contributed by atoms with Crippen LogP contribution >= 0.6 is 0 Å². The van der Waals surface area contributed by atoms with E-state index in [1.165, 1.54) is 49.2 Å². The van der Waals surface area contributed by atoms with Gasteiger partial charge >= 0.3 is 0 Å². The Labute approximate surface area is 442 Å². The Morgan fingerprint density at radius 3 is 1.51 bits per heavy atom. The van der Waals surface area contributed by atoms with Gasteiger partial charge in [0.05, 0.1) is 33.1 Å². The van der Waals surface area contributed by atoms with Gasteiger partial charge in [0.2, 0.25) is 0 Å². The summed E-state index contributed by atoms with van der Waals surface area (Å²) in [6.45, 7) is 0. The van der Waals surface area contributed by atoms with Crippen LogP contribution in [0, 0.1) is 0 Å². The summed E-state index contributed by atoms with van der Waals surface area (Å²) in [6, 6.07) is 98.1. The van der Waals surface area contributed by atoms with Crippen molar-refractivity contribution in [3.63, 3.8) is 0 Å². The maximum absolute atomic E-state index is 6.77. The van der Waals surface area contributed by atoms with Gasteiger partial charge in [-0.2, -0.15) is 0 Å². The lowest BCUT2D eigenvalue weighted by molar-refractivity contribution is 0.669. The third-order valence-corrected chi connectivity index (χ3v) is 15.7. The molecule has 0 N–H and O–H groups in total. The molecule has 0 saturated carbocycles. The Balaban J connectivity index is 0.859. The van der Waals surface area contributed by atoms with Crippen molar-refractivity contribution in [1.29, 1.82) is 0 Å². The van der Waals surface area contributed by atoms with Gasteiger partial charge in [-0.05, 0) is 137 Å². The maximum atomic E-state index is 6.77. The number of hydrogen-bond donors (Lipinski definition) is 0. The van der Waals surface area contributed by atoms with Gasteiger partial charge in [-0.3, -0.25) is 0 Å². The average Bonchev–Trinajstić information content (AvgIpc) is 4.31. The van der Waals surface area contributed by atoms with Crippen LogP contribution in [0.3, 0.4) is 0 Å². The van der Waals surface area contributed by atoms with Gasteiger partial charge < -0.3 is 22.9 Å². The molecule has 16 rings (SSSR count). The van der Waals surface area contributed by atoms with E-state index in [4.69, 9.17) is 8.83 Å². The van der Waals surface area contributed by atoms with Gasteiger partial charge in [-0.15, -0.1) is 0 Å². The molecule has 77 heavy (non-hydrogen) atoms. The van der Waals surface area contributed by atoms with E-state index in [1.807, 2.05) is 12.1 Å². The molecule has 5 nitrogen and oxygen atoms in total. The lowest BCUT2D eigenvalue weighted by Crippen LogP contribution is -2.10. The SMILES string of the molecule is c1ccc(-n2c3ccccc3c3cc(-c4ccc5oc6cccc(N(c7ccc(-c8cccc9c8oc8ccccc89)cc7)c7ccc(-c8cccc9c8c8ccccc8n9-c8ccccc8)cc7)c6c5c4)ccc32)cc1. The van der Waals surface area contributed by atoms with E-state index in [0.29, 0.717) is 0 Å². The molecule has 4 aromatic heterocycles. The monoisotopic (exact) mass is 983 g/mol. The van der Waals surface area contributed by atoms with Crippen LogP contribution in [-0.4, -0.2) is 9.13 Å². The highest BCUT2D eigenvalue weighted by atomic mass is 16.3. The molecule has 5 heteroatoms. The second-order valence-electron chi connectivity index (χ2n) is 20.0. The summed E-state index contributed by atoms with van der Waals surface area (Å²) in [6.07, 6.45) is 0. The van der Waals surface area contributed by atoms with Gasteiger partial charge in [0, 0.05) is 66.0 Å². The van der Waals surface area contributed by atoms with Crippen LogP contribution < -0.4 is 4.90 Å². The first-order valence-corrected chi connectivity index (χ1v) is 26.2. The standard InChI is InChI=1S/C72H45N3O2/c1-3-16-50(17-4-1)74-62-26-10-7-20-56(62)60-44-48(36-42-64(60)74)49-37-43-68-61(45-49)71-66(29-15-31-69(71)76-68)73(53-40-34-47(35-41-53)55-24-13-25-58-57-21-9-12-30-67(57)77-72(55)58)52-38-32-46(33-39-52)54-23-14-28-65-70(54)59-22-8-11-27-63(59)75(65)51-18-5-2-6-19-51/h1-45H. The zero-order valence-electron chi connectivity index (χ0n) is 41.6. The average molecular weight is 984 g/mol. The van der Waals surface area contributed by atoms with Gasteiger partial charge in [-0.25, -0.2) is 0 Å². The molecule has 16 aromatic rings. The summed E-state index contributed by atoms with van der Waals surface area (Å²) in [5, 5.41) is 9.23. The number of nitrogens with zero attached hydrogens (tertiary/aromatic N) is 3. The van der Waals surface area contributed by atoms with E-state index in [2.05, 4.69) is 275 Å². The minimum Gasteiger partial charge on any atom is -0.456 e. The maximum Gasteiger partial charge on any atom is 0.143 e. The Morgan fingerprint density at radius 2 is 0.766 bits per heavy atom. The molecule has 0 amide bonds. The Morgan fingerprint density at radius 1 is 0.273 bits per heavy atom. The second kappa shape index (κ2) is 17.1. The zero-order valence-corrected chi connectivity index (χ0v) is 41.6. The molecule has 0 atom stereocenters. The first-order valence-electron chi connectivity index (χ1n) is 26.2. The smallest absolute Gasteiger partial charge is 0.143 e. The Kier molecular flexibility index (Phi) is 9.57. The van der Waals surface area contributed by atoms with Gasteiger partial charge in [0.15, 0.2) is 0 Å². The highest BCUT2D eigenvalue weighted by Crippen LogP contribution is 2.47. The summed E-state index contributed by atoms with van der Waals surface area (Å²) >= 11 is 0. The van der Waals surface area contributed by atoms with Crippen LogP contribution in [0.5, 0.6) is 0 Å². The van der Waals surface area contributed by atoms with Crippen LogP contribution in [0.15, 0.2) is 282 Å². The van der Waals surface area contributed by atoms with Crippen LogP contribution in [0.4, 0.5) is 17.1 Å². The first kappa shape index (κ1) is 43.1. The highest BCUT2D eigenvalue weighted by molar-refractivity contribution is 6.17. The molecule has 0 radical (unpaired) electrons. The van der Waals surface area contributed by atoms with Crippen LogP contribution in [0.2, 0.25) is 0 Å². The molecule has 12 aromatic carbocycles. The van der Waals surface area contributed by atoms with Crippen molar-refractivity contribution in [2.24, 2.45) is 0 Å². The van der Waals surface area contributed by atoms with Crippen molar-refractivity contribution in [3.8, 4) is 44.8 Å². The molecule has 0 fully saturated rings. The molecular formula is C72H45N3O2. The second-order valence-corrected chi connectivity index (χ2v) is 20.0. The molecule has 0 bridgehead atoms. The number of furan rings is 2. The van der Waals surface area contributed by atoms with Crippen molar-refractivity contribution in [2.75, 3.05) is 4.90 Å². The summed E-state index contributed by atoms with van der Waals surface area (Å²) in [4.78, 5) is 2.38. The quantitative estimate of drug-likeness (QED) is 0.152.